The van der Waals surface area contributed by atoms with Crippen molar-refractivity contribution in [2.45, 2.75) is 90.1 Å². The maximum absolute atomic E-state index is 13.1. The fourth-order valence-corrected chi connectivity index (χ4v) is 12.0. The van der Waals surface area contributed by atoms with Gasteiger partial charge in [0.1, 0.15) is 12.2 Å². The molecule has 2 unspecified atom stereocenters. The second-order valence-corrected chi connectivity index (χ2v) is 18.0. The van der Waals surface area contributed by atoms with Gasteiger partial charge >= 0.3 is 11.9 Å². The van der Waals surface area contributed by atoms with Gasteiger partial charge in [-0.25, -0.2) is 4.79 Å². The lowest BCUT2D eigenvalue weighted by Crippen LogP contribution is -2.68. The Bertz CT molecular complexity index is 1390. The van der Waals surface area contributed by atoms with Crippen molar-refractivity contribution in [1.29, 1.82) is 0 Å². The van der Waals surface area contributed by atoms with Gasteiger partial charge in [0.15, 0.2) is 0 Å². The molecule has 2 aliphatic rings. The van der Waals surface area contributed by atoms with Crippen molar-refractivity contribution in [3.05, 3.63) is 109 Å². The topological polar surface area (TPSA) is 61.8 Å². The van der Waals surface area contributed by atoms with Gasteiger partial charge in [0.25, 0.3) is 8.32 Å². The monoisotopic (exact) mass is 624 g/mol. The first-order valence-corrected chi connectivity index (χ1v) is 18.5. The molecule has 1 saturated carbocycles. The molecule has 45 heavy (non-hydrogen) atoms. The van der Waals surface area contributed by atoms with E-state index in [-0.39, 0.29) is 53.0 Å². The van der Waals surface area contributed by atoms with Gasteiger partial charge in [-0.15, -0.1) is 0 Å². The quantitative estimate of drug-likeness (QED) is 0.119. The van der Waals surface area contributed by atoms with Crippen LogP contribution in [0.2, 0.25) is 5.04 Å². The van der Waals surface area contributed by atoms with Crippen LogP contribution in [0, 0.1) is 17.8 Å². The maximum Gasteiger partial charge on any atom is 0.338 e. The zero-order chi connectivity index (χ0) is 32.0. The van der Waals surface area contributed by atoms with Crippen molar-refractivity contribution in [1.82, 2.24) is 0 Å². The number of hydrogen-bond acceptors (Lipinski definition) is 5. The van der Waals surface area contributed by atoms with Gasteiger partial charge < -0.3 is 13.9 Å². The van der Waals surface area contributed by atoms with Gasteiger partial charge in [-0.1, -0.05) is 138 Å². The van der Waals surface area contributed by atoms with Crippen molar-refractivity contribution in [3.8, 4) is 0 Å². The fourth-order valence-electron chi connectivity index (χ4n) is 7.24. The number of ether oxygens (including phenoxy) is 2. The normalized spacial score (nSPS) is 23.0. The average Bonchev–Trinajstić information content (AvgIpc) is 3.55. The molecule has 0 aromatic heterocycles. The van der Waals surface area contributed by atoms with Crippen LogP contribution >= 0.6 is 0 Å². The predicted octanol–water partition coefficient (Wildman–Crippen LogP) is 7.49. The summed E-state index contributed by atoms with van der Waals surface area (Å²) in [4.78, 5) is 25.5. The summed E-state index contributed by atoms with van der Waals surface area (Å²) in [7, 11) is -2.83. The summed E-state index contributed by atoms with van der Waals surface area (Å²) in [6, 6.07) is 30.6. The van der Waals surface area contributed by atoms with E-state index in [1.165, 1.54) is 10.4 Å². The van der Waals surface area contributed by atoms with Crippen molar-refractivity contribution < 1.29 is 23.5 Å². The summed E-state index contributed by atoms with van der Waals surface area (Å²) in [5.74, 6) is -0.430. The molecular weight excluding hydrogens is 577 g/mol. The molecule has 1 aliphatic heterocycles. The third kappa shape index (κ3) is 7.18. The highest BCUT2D eigenvalue weighted by molar-refractivity contribution is 6.99. The summed E-state index contributed by atoms with van der Waals surface area (Å²) in [5.41, 5.74) is 0.523. The first kappa shape index (κ1) is 32.9. The molecule has 5 rings (SSSR count). The van der Waals surface area contributed by atoms with E-state index < -0.39 is 8.32 Å². The summed E-state index contributed by atoms with van der Waals surface area (Å²) in [6.07, 6.45) is 7.72. The number of carbonyl (C=O) groups excluding carboxylic acids is 2. The van der Waals surface area contributed by atoms with Gasteiger partial charge in [0, 0.05) is 18.3 Å². The smallest absolute Gasteiger partial charge is 0.338 e. The van der Waals surface area contributed by atoms with Gasteiger partial charge in [-0.2, -0.15) is 0 Å². The van der Waals surface area contributed by atoms with Crippen molar-refractivity contribution in [2.75, 3.05) is 0 Å². The van der Waals surface area contributed by atoms with E-state index in [2.05, 4.69) is 107 Å². The molecule has 238 valence electrons. The molecule has 5 nitrogen and oxygen atoms in total. The largest absolute Gasteiger partial charge is 0.462 e. The molecule has 0 amide bonds. The lowest BCUT2D eigenvalue weighted by Gasteiger charge is -2.46. The van der Waals surface area contributed by atoms with Crippen LogP contribution < -0.4 is 10.4 Å². The molecule has 6 atom stereocenters. The van der Waals surface area contributed by atoms with E-state index in [4.69, 9.17) is 13.9 Å². The first-order valence-electron chi connectivity index (χ1n) is 16.6. The van der Waals surface area contributed by atoms with E-state index in [1.54, 1.807) is 12.1 Å². The molecule has 0 N–H and O–H groups in total. The lowest BCUT2D eigenvalue weighted by molar-refractivity contribution is -0.141. The number of hydrogen-bond donors (Lipinski definition) is 0. The Morgan fingerprint density at radius 2 is 1.53 bits per heavy atom. The minimum atomic E-state index is -2.83. The van der Waals surface area contributed by atoms with Gasteiger partial charge in [0.05, 0.1) is 18.1 Å². The van der Waals surface area contributed by atoms with Crippen molar-refractivity contribution >= 4 is 30.6 Å². The fraction of sp³-hybridized carbons (Fsp3) is 0.436. The molecular formula is C39H48O5Si. The van der Waals surface area contributed by atoms with Crippen LogP contribution in [0.4, 0.5) is 0 Å². The Morgan fingerprint density at radius 1 is 0.956 bits per heavy atom. The van der Waals surface area contributed by atoms with Gasteiger partial charge in [-0.05, 0) is 39.9 Å². The lowest BCUT2D eigenvalue weighted by atomic mass is 9.90. The Hall–Kier alpha value is -3.48. The molecule has 0 spiro atoms. The van der Waals surface area contributed by atoms with Gasteiger partial charge in [0.2, 0.25) is 0 Å². The summed E-state index contributed by atoms with van der Waals surface area (Å²) >= 11 is 0. The van der Waals surface area contributed by atoms with Crippen LogP contribution in [0.3, 0.4) is 0 Å². The highest BCUT2D eigenvalue weighted by Crippen LogP contribution is 2.44. The van der Waals surface area contributed by atoms with Crippen LogP contribution in [-0.4, -0.2) is 38.6 Å². The minimum Gasteiger partial charge on any atom is -0.462 e. The summed E-state index contributed by atoms with van der Waals surface area (Å²) < 4.78 is 19.5. The van der Waals surface area contributed by atoms with Gasteiger partial charge in [-0.3, -0.25) is 4.79 Å². The van der Waals surface area contributed by atoms with Crippen molar-refractivity contribution in [2.24, 2.45) is 17.8 Å². The molecule has 2 fully saturated rings. The highest BCUT2D eigenvalue weighted by Gasteiger charge is 2.53. The van der Waals surface area contributed by atoms with E-state index in [9.17, 15) is 9.59 Å². The van der Waals surface area contributed by atoms with E-state index in [0.29, 0.717) is 18.4 Å². The van der Waals surface area contributed by atoms with Crippen LogP contribution in [0.5, 0.6) is 0 Å². The minimum absolute atomic E-state index is 0.0261. The molecule has 3 aromatic rings. The highest BCUT2D eigenvalue weighted by atomic mass is 28.4. The summed E-state index contributed by atoms with van der Waals surface area (Å²) in [5, 5.41) is 2.33. The molecule has 0 radical (unpaired) electrons. The van der Waals surface area contributed by atoms with E-state index in [1.807, 2.05) is 18.2 Å². The van der Waals surface area contributed by atoms with Crippen LogP contribution in [0.1, 0.15) is 77.1 Å². The molecule has 1 saturated heterocycles. The number of rotatable bonds is 12. The third-order valence-corrected chi connectivity index (χ3v) is 14.7. The molecule has 3 aromatic carbocycles. The molecule has 6 heteroatoms. The van der Waals surface area contributed by atoms with E-state index in [0.717, 1.165) is 19.3 Å². The van der Waals surface area contributed by atoms with E-state index >= 15 is 0 Å². The zero-order valence-electron chi connectivity index (χ0n) is 27.4. The predicted molar refractivity (Wildman–Crippen MR) is 182 cm³/mol. The Labute approximate surface area is 270 Å². The maximum atomic E-state index is 13.1. The standard InChI is InChI=1S/C39H48O5Si/c1-6-7-17-28(2)34(44-45(39(3,4)5,30-20-13-9-14-21-30)31-22-15-10-16-23-31)25-24-32-33-26-37(40)42-36(33)27-35(32)43-38(41)29-18-11-8-12-19-29/h8-16,18-25,28,32-36H,6-7,17,26-27H2,1-5H3/b25-24+/t28?,32-,33-,34-,35?,36+/m1/s1. The second kappa shape index (κ2) is 14.3. The van der Waals surface area contributed by atoms with Crippen LogP contribution in [0.25, 0.3) is 0 Å². The average molecular weight is 625 g/mol. The van der Waals surface area contributed by atoms with Crippen LogP contribution in [-0.2, 0) is 18.7 Å². The molecule has 1 heterocycles. The summed E-state index contributed by atoms with van der Waals surface area (Å²) in [6.45, 7) is 11.4. The second-order valence-electron chi connectivity index (χ2n) is 13.8. The third-order valence-electron chi connectivity index (χ3n) is 9.65. The first-order chi connectivity index (χ1) is 21.6. The Balaban J connectivity index is 1.53. The van der Waals surface area contributed by atoms with Crippen LogP contribution in [0.15, 0.2) is 103 Å². The van der Waals surface area contributed by atoms with Crippen molar-refractivity contribution in [3.63, 3.8) is 0 Å². The molecule has 1 aliphatic carbocycles. The number of esters is 2. The Morgan fingerprint density at radius 3 is 2.09 bits per heavy atom. The zero-order valence-corrected chi connectivity index (χ0v) is 28.4. The SMILES string of the molecule is CCCCC(C)[C@@H](/C=C/[C@H]1C(OC(=O)c2ccccc2)C[C@@H]2OC(=O)C[C@@H]21)O[Si](c1ccccc1)(c1ccccc1)C(C)(C)C. The number of benzene rings is 3. The Kier molecular flexibility index (Phi) is 10.5. The number of unbranched alkanes of at least 4 members (excludes halogenated alkanes) is 1. The molecule has 0 bridgehead atoms. The number of fused-ring (bicyclic) bond motifs is 1. The number of carbonyl (C=O) groups is 2.